The molecule has 1 unspecified atom stereocenters. The number of aryl methyl sites for hydroxylation is 1. The SMILES string of the molecule is CNC(CSc1nccn1C)c1ccc(CC(C)C)cc1. The number of nitrogens with zero attached hydrogens (tertiary/aromatic N) is 2. The average molecular weight is 303 g/mol. The van der Waals surface area contributed by atoms with Gasteiger partial charge in [0.25, 0.3) is 0 Å². The standard InChI is InChI=1S/C17H25N3S/c1-13(2)11-14-5-7-15(8-6-14)16(18-3)12-21-17-19-9-10-20(17)4/h5-10,13,16,18H,11-12H2,1-4H3. The molecule has 0 aliphatic rings. The second-order valence-electron chi connectivity index (χ2n) is 5.81. The third-order valence-corrected chi connectivity index (χ3v) is 4.68. The summed E-state index contributed by atoms with van der Waals surface area (Å²) in [6.45, 7) is 4.52. The van der Waals surface area contributed by atoms with Crippen LogP contribution >= 0.6 is 11.8 Å². The molecular formula is C17H25N3S. The maximum Gasteiger partial charge on any atom is 0.167 e. The van der Waals surface area contributed by atoms with Gasteiger partial charge >= 0.3 is 0 Å². The van der Waals surface area contributed by atoms with Gasteiger partial charge in [0.15, 0.2) is 5.16 Å². The van der Waals surface area contributed by atoms with Crippen LogP contribution in [0.15, 0.2) is 41.8 Å². The van der Waals surface area contributed by atoms with Gasteiger partial charge in [0.1, 0.15) is 0 Å². The predicted molar refractivity (Wildman–Crippen MR) is 90.7 cm³/mol. The van der Waals surface area contributed by atoms with E-state index in [9.17, 15) is 0 Å². The molecule has 0 aliphatic heterocycles. The molecule has 1 aromatic heterocycles. The molecule has 0 saturated heterocycles. The quantitative estimate of drug-likeness (QED) is 0.792. The number of aromatic nitrogens is 2. The van der Waals surface area contributed by atoms with Gasteiger partial charge in [0.05, 0.1) is 0 Å². The summed E-state index contributed by atoms with van der Waals surface area (Å²) >= 11 is 1.79. The highest BCUT2D eigenvalue weighted by Crippen LogP contribution is 2.23. The van der Waals surface area contributed by atoms with E-state index in [1.807, 2.05) is 26.5 Å². The van der Waals surface area contributed by atoms with Crippen molar-refractivity contribution in [3.8, 4) is 0 Å². The molecular weight excluding hydrogens is 278 g/mol. The molecule has 1 N–H and O–H groups in total. The largest absolute Gasteiger partial charge is 0.329 e. The molecule has 0 saturated carbocycles. The Labute approximate surface area is 132 Å². The highest BCUT2D eigenvalue weighted by atomic mass is 32.2. The first-order valence-corrected chi connectivity index (χ1v) is 8.45. The fraction of sp³-hybridized carbons (Fsp3) is 0.471. The maximum absolute atomic E-state index is 4.36. The topological polar surface area (TPSA) is 29.9 Å². The molecule has 1 atom stereocenters. The van der Waals surface area contributed by atoms with E-state index in [2.05, 4.69) is 53.0 Å². The second kappa shape index (κ2) is 7.66. The molecule has 0 fully saturated rings. The third kappa shape index (κ3) is 4.61. The normalized spacial score (nSPS) is 12.8. The lowest BCUT2D eigenvalue weighted by atomic mass is 10.00. The van der Waals surface area contributed by atoms with E-state index in [-0.39, 0.29) is 0 Å². The van der Waals surface area contributed by atoms with E-state index in [0.717, 1.165) is 17.3 Å². The monoisotopic (exact) mass is 303 g/mol. The smallest absolute Gasteiger partial charge is 0.167 e. The molecule has 0 radical (unpaired) electrons. The van der Waals surface area contributed by atoms with Gasteiger partial charge in [-0.3, -0.25) is 0 Å². The van der Waals surface area contributed by atoms with Gasteiger partial charge in [-0.1, -0.05) is 49.9 Å². The molecule has 0 aliphatic carbocycles. The van der Waals surface area contributed by atoms with Crippen LogP contribution in [0, 0.1) is 5.92 Å². The lowest BCUT2D eigenvalue weighted by molar-refractivity contribution is 0.643. The Balaban J connectivity index is 1.98. The predicted octanol–water partition coefficient (Wildman–Crippen LogP) is 3.67. The van der Waals surface area contributed by atoms with Crippen LogP contribution in [0.2, 0.25) is 0 Å². The van der Waals surface area contributed by atoms with Crippen LogP contribution in [0.5, 0.6) is 0 Å². The zero-order valence-electron chi connectivity index (χ0n) is 13.3. The number of benzene rings is 1. The first-order valence-electron chi connectivity index (χ1n) is 7.46. The van der Waals surface area contributed by atoms with E-state index in [0.29, 0.717) is 12.0 Å². The molecule has 3 nitrogen and oxygen atoms in total. The van der Waals surface area contributed by atoms with Crippen LogP contribution in [0.1, 0.15) is 31.0 Å². The maximum atomic E-state index is 4.36. The fourth-order valence-corrected chi connectivity index (χ4v) is 3.43. The molecule has 2 rings (SSSR count). The van der Waals surface area contributed by atoms with Gasteiger partial charge in [0, 0.05) is 31.2 Å². The molecule has 21 heavy (non-hydrogen) atoms. The van der Waals surface area contributed by atoms with Crippen molar-refractivity contribution in [3.05, 3.63) is 47.8 Å². The zero-order chi connectivity index (χ0) is 15.2. The average Bonchev–Trinajstić information content (AvgIpc) is 2.86. The highest BCUT2D eigenvalue weighted by Gasteiger charge is 2.11. The fourth-order valence-electron chi connectivity index (χ4n) is 2.35. The highest BCUT2D eigenvalue weighted by molar-refractivity contribution is 7.99. The summed E-state index contributed by atoms with van der Waals surface area (Å²) in [6.07, 6.45) is 4.97. The van der Waals surface area contributed by atoms with Crippen LogP contribution < -0.4 is 5.32 Å². The number of hydrogen-bond donors (Lipinski definition) is 1. The summed E-state index contributed by atoms with van der Waals surface area (Å²) in [5, 5.41) is 4.46. The zero-order valence-corrected chi connectivity index (χ0v) is 14.2. The summed E-state index contributed by atoms with van der Waals surface area (Å²) in [4.78, 5) is 4.36. The summed E-state index contributed by atoms with van der Waals surface area (Å²) < 4.78 is 2.06. The van der Waals surface area contributed by atoms with Crippen LogP contribution in [-0.2, 0) is 13.5 Å². The van der Waals surface area contributed by atoms with Crippen LogP contribution in [-0.4, -0.2) is 22.4 Å². The van der Waals surface area contributed by atoms with Gasteiger partial charge in [-0.05, 0) is 30.5 Å². The van der Waals surface area contributed by atoms with E-state index < -0.39 is 0 Å². The molecule has 114 valence electrons. The molecule has 2 aromatic rings. The minimum atomic E-state index is 0.347. The lowest BCUT2D eigenvalue weighted by Gasteiger charge is -2.17. The lowest BCUT2D eigenvalue weighted by Crippen LogP contribution is -2.19. The van der Waals surface area contributed by atoms with Crippen molar-refractivity contribution in [2.75, 3.05) is 12.8 Å². The van der Waals surface area contributed by atoms with Crippen LogP contribution in [0.25, 0.3) is 0 Å². The molecule has 0 bridgehead atoms. The number of thioether (sulfide) groups is 1. The summed E-state index contributed by atoms with van der Waals surface area (Å²) in [5.41, 5.74) is 2.76. The van der Waals surface area contributed by atoms with Gasteiger partial charge in [-0.25, -0.2) is 4.98 Å². The number of imidazole rings is 1. The summed E-state index contributed by atoms with van der Waals surface area (Å²) in [7, 11) is 4.05. The number of hydrogen-bond acceptors (Lipinski definition) is 3. The molecule has 1 heterocycles. The van der Waals surface area contributed by atoms with Crippen molar-refractivity contribution < 1.29 is 0 Å². The van der Waals surface area contributed by atoms with Gasteiger partial charge in [0.2, 0.25) is 0 Å². The second-order valence-corrected chi connectivity index (χ2v) is 6.80. The van der Waals surface area contributed by atoms with E-state index in [1.165, 1.54) is 11.1 Å². The number of nitrogens with one attached hydrogen (secondary N) is 1. The van der Waals surface area contributed by atoms with Crippen molar-refractivity contribution in [1.82, 2.24) is 14.9 Å². The minimum Gasteiger partial charge on any atom is -0.329 e. The van der Waals surface area contributed by atoms with Gasteiger partial charge in [-0.15, -0.1) is 0 Å². The van der Waals surface area contributed by atoms with Crippen molar-refractivity contribution in [1.29, 1.82) is 0 Å². The van der Waals surface area contributed by atoms with E-state index >= 15 is 0 Å². The Morgan fingerprint density at radius 1 is 1.24 bits per heavy atom. The Kier molecular flexibility index (Phi) is 5.88. The van der Waals surface area contributed by atoms with Crippen molar-refractivity contribution in [2.24, 2.45) is 13.0 Å². The molecule has 4 heteroatoms. The third-order valence-electron chi connectivity index (χ3n) is 3.53. The first-order chi connectivity index (χ1) is 10.1. The van der Waals surface area contributed by atoms with Crippen molar-refractivity contribution in [2.45, 2.75) is 31.5 Å². The Morgan fingerprint density at radius 3 is 2.48 bits per heavy atom. The van der Waals surface area contributed by atoms with E-state index in [4.69, 9.17) is 0 Å². The Hall–Kier alpha value is -1.26. The van der Waals surface area contributed by atoms with E-state index in [1.54, 1.807) is 11.8 Å². The van der Waals surface area contributed by atoms with Gasteiger partial charge < -0.3 is 9.88 Å². The summed E-state index contributed by atoms with van der Waals surface area (Å²) in [5.74, 6) is 1.68. The molecule has 0 amide bonds. The van der Waals surface area contributed by atoms with Gasteiger partial charge in [-0.2, -0.15) is 0 Å². The van der Waals surface area contributed by atoms with Crippen molar-refractivity contribution >= 4 is 11.8 Å². The minimum absolute atomic E-state index is 0.347. The number of rotatable bonds is 7. The van der Waals surface area contributed by atoms with Crippen LogP contribution in [0.3, 0.4) is 0 Å². The first kappa shape index (κ1) is 16.1. The van der Waals surface area contributed by atoms with Crippen molar-refractivity contribution in [3.63, 3.8) is 0 Å². The Morgan fingerprint density at radius 2 is 1.95 bits per heavy atom. The Bertz CT molecular complexity index is 545. The summed E-state index contributed by atoms with van der Waals surface area (Å²) in [6, 6.07) is 9.35. The van der Waals surface area contributed by atoms with Crippen LogP contribution in [0.4, 0.5) is 0 Å². The molecule has 0 spiro atoms. The molecule has 1 aromatic carbocycles.